The molecule has 2 rings (SSSR count). The van der Waals surface area contributed by atoms with Crippen LogP contribution in [0.25, 0.3) is 0 Å². The predicted octanol–water partition coefficient (Wildman–Crippen LogP) is 4.15. The van der Waals surface area contributed by atoms with E-state index >= 15 is 0 Å². The first-order chi connectivity index (χ1) is 10.9. The van der Waals surface area contributed by atoms with Crippen LogP contribution in [-0.4, -0.2) is 17.4 Å². The number of rotatable bonds is 8. The number of hydrogen-bond donors (Lipinski definition) is 1. The summed E-state index contributed by atoms with van der Waals surface area (Å²) in [5, 5.41) is 3.12. The van der Waals surface area contributed by atoms with Crippen LogP contribution >= 0.6 is 0 Å². The van der Waals surface area contributed by atoms with E-state index < -0.39 is 0 Å². The molecule has 1 aliphatic carbocycles. The molecule has 1 heterocycles. The molecule has 1 aromatic rings. The monoisotopic (exact) mass is 314 g/mol. The SMILES string of the molecule is CC(C)=CC1C(C(=O)NCCCCCc2ccccn2)C1(C)C. The van der Waals surface area contributed by atoms with E-state index in [-0.39, 0.29) is 17.2 Å². The molecule has 2 atom stereocenters. The zero-order valence-corrected chi connectivity index (χ0v) is 14.9. The molecule has 0 spiro atoms. The molecule has 1 N–H and O–H groups in total. The van der Waals surface area contributed by atoms with Crippen LogP contribution in [-0.2, 0) is 11.2 Å². The Morgan fingerprint density at radius 3 is 2.70 bits per heavy atom. The maximum atomic E-state index is 12.3. The first kappa shape index (κ1) is 17.7. The Morgan fingerprint density at radius 2 is 2.04 bits per heavy atom. The lowest BCUT2D eigenvalue weighted by Crippen LogP contribution is -2.27. The quantitative estimate of drug-likeness (QED) is 0.578. The van der Waals surface area contributed by atoms with Crippen molar-refractivity contribution >= 4 is 5.91 Å². The Bertz CT molecular complexity index is 544. The van der Waals surface area contributed by atoms with Crippen molar-refractivity contribution in [2.75, 3.05) is 6.54 Å². The third-order valence-electron chi connectivity index (χ3n) is 4.84. The molecule has 3 heteroatoms. The maximum absolute atomic E-state index is 12.3. The second kappa shape index (κ2) is 7.76. The number of amides is 1. The van der Waals surface area contributed by atoms with Crippen LogP contribution in [0.1, 0.15) is 52.7 Å². The Kier molecular flexibility index (Phi) is 5.97. The van der Waals surface area contributed by atoms with E-state index in [1.807, 2.05) is 18.3 Å². The minimum Gasteiger partial charge on any atom is -0.356 e. The molecule has 0 bridgehead atoms. The molecular weight excluding hydrogens is 284 g/mol. The van der Waals surface area contributed by atoms with Gasteiger partial charge in [0.1, 0.15) is 0 Å². The molecule has 1 amide bonds. The van der Waals surface area contributed by atoms with Gasteiger partial charge in [-0.05, 0) is 56.6 Å². The van der Waals surface area contributed by atoms with Crippen LogP contribution in [0.4, 0.5) is 0 Å². The summed E-state index contributed by atoms with van der Waals surface area (Å²) < 4.78 is 0. The fourth-order valence-corrected chi connectivity index (χ4v) is 3.32. The Labute approximate surface area is 140 Å². The fourth-order valence-electron chi connectivity index (χ4n) is 3.32. The standard InChI is InChI=1S/C20H30N2O/c1-15(2)14-17-18(20(17,3)4)19(23)22-13-8-5-6-10-16-11-7-9-12-21-16/h7,9,11-12,14,17-18H,5-6,8,10,13H2,1-4H3,(H,22,23). The summed E-state index contributed by atoms with van der Waals surface area (Å²) in [5.74, 6) is 0.768. The average molecular weight is 314 g/mol. The summed E-state index contributed by atoms with van der Waals surface area (Å²) in [5.41, 5.74) is 2.56. The summed E-state index contributed by atoms with van der Waals surface area (Å²) in [7, 11) is 0. The molecule has 0 saturated heterocycles. The molecule has 1 aliphatic rings. The van der Waals surface area contributed by atoms with Crippen molar-refractivity contribution in [1.82, 2.24) is 10.3 Å². The molecular formula is C20H30N2O. The second-order valence-corrected chi connectivity index (χ2v) is 7.49. The largest absolute Gasteiger partial charge is 0.356 e. The van der Waals surface area contributed by atoms with Crippen LogP contribution in [0.3, 0.4) is 0 Å². The van der Waals surface area contributed by atoms with Crippen LogP contribution in [0.5, 0.6) is 0 Å². The normalized spacial score (nSPS) is 21.6. The topological polar surface area (TPSA) is 42.0 Å². The van der Waals surface area contributed by atoms with Gasteiger partial charge in [-0.2, -0.15) is 0 Å². The third kappa shape index (κ3) is 4.92. The number of carbonyl (C=O) groups is 1. The van der Waals surface area contributed by atoms with Crippen LogP contribution in [0.2, 0.25) is 0 Å². The van der Waals surface area contributed by atoms with E-state index in [0.717, 1.165) is 37.9 Å². The summed E-state index contributed by atoms with van der Waals surface area (Å²) in [6.45, 7) is 9.37. The number of unbranched alkanes of at least 4 members (excludes halogenated alkanes) is 2. The van der Waals surface area contributed by atoms with Crippen LogP contribution in [0.15, 0.2) is 36.0 Å². The first-order valence-electron chi connectivity index (χ1n) is 8.75. The van der Waals surface area contributed by atoms with Crippen LogP contribution in [0, 0.1) is 17.3 Å². The number of carbonyl (C=O) groups excluding carboxylic acids is 1. The van der Waals surface area contributed by atoms with Gasteiger partial charge in [0.25, 0.3) is 0 Å². The highest BCUT2D eigenvalue weighted by molar-refractivity contribution is 5.83. The molecule has 3 nitrogen and oxygen atoms in total. The second-order valence-electron chi connectivity index (χ2n) is 7.49. The van der Waals surface area contributed by atoms with Gasteiger partial charge in [-0.15, -0.1) is 0 Å². The minimum atomic E-state index is 0.111. The number of aryl methyl sites for hydroxylation is 1. The Hall–Kier alpha value is -1.64. The van der Waals surface area contributed by atoms with Gasteiger partial charge in [0.2, 0.25) is 5.91 Å². The van der Waals surface area contributed by atoms with E-state index in [2.05, 4.69) is 50.1 Å². The summed E-state index contributed by atoms with van der Waals surface area (Å²) in [4.78, 5) is 16.6. The predicted molar refractivity (Wildman–Crippen MR) is 95.0 cm³/mol. The van der Waals surface area contributed by atoms with E-state index in [1.165, 1.54) is 5.57 Å². The van der Waals surface area contributed by atoms with E-state index in [4.69, 9.17) is 0 Å². The lowest BCUT2D eigenvalue weighted by molar-refractivity contribution is -0.123. The number of hydrogen-bond acceptors (Lipinski definition) is 2. The van der Waals surface area contributed by atoms with E-state index in [1.54, 1.807) is 0 Å². The van der Waals surface area contributed by atoms with Crippen molar-refractivity contribution in [2.24, 2.45) is 17.3 Å². The van der Waals surface area contributed by atoms with Crippen molar-refractivity contribution in [3.8, 4) is 0 Å². The van der Waals surface area contributed by atoms with E-state index in [0.29, 0.717) is 5.92 Å². The highest BCUT2D eigenvalue weighted by Gasteiger charge is 2.60. The molecule has 23 heavy (non-hydrogen) atoms. The van der Waals surface area contributed by atoms with Crippen molar-refractivity contribution in [2.45, 2.75) is 53.4 Å². The van der Waals surface area contributed by atoms with Gasteiger partial charge in [0.15, 0.2) is 0 Å². The van der Waals surface area contributed by atoms with Crippen molar-refractivity contribution in [3.05, 3.63) is 41.7 Å². The lowest BCUT2D eigenvalue weighted by atomic mass is 10.1. The summed E-state index contributed by atoms with van der Waals surface area (Å²) in [6.07, 6.45) is 8.41. The number of aromatic nitrogens is 1. The van der Waals surface area contributed by atoms with E-state index in [9.17, 15) is 4.79 Å². The number of nitrogens with one attached hydrogen (secondary N) is 1. The van der Waals surface area contributed by atoms with Crippen molar-refractivity contribution in [1.29, 1.82) is 0 Å². The highest BCUT2D eigenvalue weighted by Crippen LogP contribution is 2.59. The van der Waals surface area contributed by atoms with Crippen molar-refractivity contribution in [3.63, 3.8) is 0 Å². The molecule has 1 aromatic heterocycles. The fraction of sp³-hybridized carbons (Fsp3) is 0.600. The van der Waals surface area contributed by atoms with Gasteiger partial charge >= 0.3 is 0 Å². The minimum absolute atomic E-state index is 0.111. The molecule has 0 aromatic carbocycles. The van der Waals surface area contributed by atoms with Crippen molar-refractivity contribution < 1.29 is 4.79 Å². The molecule has 0 aliphatic heterocycles. The molecule has 0 radical (unpaired) electrons. The Morgan fingerprint density at radius 1 is 1.26 bits per heavy atom. The third-order valence-corrected chi connectivity index (χ3v) is 4.84. The number of pyridine rings is 1. The molecule has 1 saturated carbocycles. The van der Waals surface area contributed by atoms with Gasteiger partial charge < -0.3 is 5.32 Å². The average Bonchev–Trinajstić information content (AvgIpc) is 3.03. The summed E-state index contributed by atoms with van der Waals surface area (Å²) in [6, 6.07) is 6.05. The molecule has 1 fully saturated rings. The summed E-state index contributed by atoms with van der Waals surface area (Å²) >= 11 is 0. The van der Waals surface area contributed by atoms with Gasteiger partial charge in [-0.25, -0.2) is 0 Å². The maximum Gasteiger partial charge on any atom is 0.224 e. The number of nitrogens with zero attached hydrogens (tertiary/aromatic N) is 1. The molecule has 2 unspecified atom stereocenters. The number of allylic oxidation sites excluding steroid dienone is 2. The van der Waals surface area contributed by atoms with Gasteiger partial charge in [-0.1, -0.05) is 38.0 Å². The molecule has 126 valence electrons. The highest BCUT2D eigenvalue weighted by atomic mass is 16.2. The van der Waals surface area contributed by atoms with Gasteiger partial charge in [0, 0.05) is 18.4 Å². The first-order valence-corrected chi connectivity index (χ1v) is 8.75. The zero-order chi connectivity index (χ0) is 16.9. The smallest absolute Gasteiger partial charge is 0.224 e. The Balaban J connectivity index is 1.61. The lowest BCUT2D eigenvalue weighted by Gasteiger charge is -2.06. The zero-order valence-electron chi connectivity index (χ0n) is 14.9. The van der Waals surface area contributed by atoms with Crippen LogP contribution < -0.4 is 5.32 Å². The van der Waals surface area contributed by atoms with Gasteiger partial charge in [0.05, 0.1) is 5.92 Å². The van der Waals surface area contributed by atoms with Gasteiger partial charge in [-0.3, -0.25) is 9.78 Å².